The SMILES string of the molecule is CCN(c1ccc([N+](=O)[O-])cc1)C1CCS(=O)(=O)C1. The number of benzene rings is 1. The number of non-ortho nitro benzene ring substituents is 1. The molecule has 0 spiro atoms. The number of rotatable bonds is 4. The number of hydrogen-bond donors (Lipinski definition) is 0. The predicted molar refractivity (Wildman–Crippen MR) is 73.2 cm³/mol. The molecule has 1 aromatic rings. The summed E-state index contributed by atoms with van der Waals surface area (Å²) in [6, 6.07) is 6.21. The van der Waals surface area contributed by atoms with Gasteiger partial charge in [0, 0.05) is 30.4 Å². The van der Waals surface area contributed by atoms with Crippen LogP contribution >= 0.6 is 0 Å². The molecule has 6 nitrogen and oxygen atoms in total. The van der Waals surface area contributed by atoms with Crippen molar-refractivity contribution >= 4 is 21.2 Å². The Morgan fingerprint density at radius 2 is 2.00 bits per heavy atom. The van der Waals surface area contributed by atoms with E-state index in [2.05, 4.69) is 0 Å². The van der Waals surface area contributed by atoms with Gasteiger partial charge in [-0.3, -0.25) is 10.1 Å². The van der Waals surface area contributed by atoms with Crippen LogP contribution in [-0.4, -0.2) is 37.4 Å². The quantitative estimate of drug-likeness (QED) is 0.620. The summed E-state index contributed by atoms with van der Waals surface area (Å²) in [5.41, 5.74) is 0.869. The normalized spacial score (nSPS) is 21.2. The van der Waals surface area contributed by atoms with Crippen molar-refractivity contribution in [1.29, 1.82) is 0 Å². The molecule has 2 rings (SSSR count). The second-order valence-electron chi connectivity index (χ2n) is 4.62. The van der Waals surface area contributed by atoms with E-state index in [0.717, 1.165) is 5.69 Å². The molecule has 19 heavy (non-hydrogen) atoms. The molecule has 1 heterocycles. The van der Waals surface area contributed by atoms with Crippen LogP contribution in [0.1, 0.15) is 13.3 Å². The second kappa shape index (κ2) is 5.16. The molecule has 1 fully saturated rings. The number of anilines is 1. The lowest BCUT2D eigenvalue weighted by Gasteiger charge is -2.29. The number of hydrogen-bond acceptors (Lipinski definition) is 5. The Bertz CT molecular complexity index is 568. The highest BCUT2D eigenvalue weighted by molar-refractivity contribution is 7.91. The molecule has 7 heteroatoms. The van der Waals surface area contributed by atoms with E-state index in [1.165, 1.54) is 12.1 Å². The first-order chi connectivity index (χ1) is 8.93. The Morgan fingerprint density at radius 1 is 1.37 bits per heavy atom. The zero-order valence-corrected chi connectivity index (χ0v) is 11.5. The Hall–Kier alpha value is -1.63. The lowest BCUT2D eigenvalue weighted by molar-refractivity contribution is -0.384. The van der Waals surface area contributed by atoms with Crippen molar-refractivity contribution in [3.8, 4) is 0 Å². The van der Waals surface area contributed by atoms with Gasteiger partial charge in [-0.15, -0.1) is 0 Å². The Kier molecular flexibility index (Phi) is 3.75. The van der Waals surface area contributed by atoms with Crippen molar-refractivity contribution in [1.82, 2.24) is 0 Å². The predicted octanol–water partition coefficient (Wildman–Crippen LogP) is 1.61. The molecule has 0 N–H and O–H groups in total. The summed E-state index contributed by atoms with van der Waals surface area (Å²) in [7, 11) is -2.93. The van der Waals surface area contributed by atoms with Crippen molar-refractivity contribution in [2.24, 2.45) is 0 Å². The lowest BCUT2D eigenvalue weighted by atomic mass is 10.2. The minimum Gasteiger partial charge on any atom is -0.368 e. The summed E-state index contributed by atoms with van der Waals surface area (Å²) in [4.78, 5) is 12.2. The molecular weight excluding hydrogens is 268 g/mol. The molecule has 0 amide bonds. The van der Waals surface area contributed by atoms with Gasteiger partial charge in [-0.2, -0.15) is 0 Å². The van der Waals surface area contributed by atoms with Gasteiger partial charge in [-0.1, -0.05) is 0 Å². The third-order valence-electron chi connectivity index (χ3n) is 3.38. The highest BCUT2D eigenvalue weighted by atomic mass is 32.2. The standard InChI is InChI=1S/C12H16N2O4S/c1-2-13(12-7-8-19(17,18)9-12)10-3-5-11(6-4-10)14(15)16/h3-6,12H,2,7-9H2,1H3. The monoisotopic (exact) mass is 284 g/mol. The lowest BCUT2D eigenvalue weighted by Crippen LogP contribution is -2.36. The zero-order valence-electron chi connectivity index (χ0n) is 10.7. The molecule has 0 bridgehead atoms. The number of nitro benzene ring substituents is 1. The summed E-state index contributed by atoms with van der Waals surface area (Å²) < 4.78 is 23.0. The fourth-order valence-corrected chi connectivity index (χ4v) is 4.17. The average molecular weight is 284 g/mol. The van der Waals surface area contributed by atoms with Gasteiger partial charge >= 0.3 is 0 Å². The first-order valence-electron chi connectivity index (χ1n) is 6.14. The highest BCUT2D eigenvalue weighted by Gasteiger charge is 2.31. The third kappa shape index (κ3) is 3.04. The van der Waals surface area contributed by atoms with Gasteiger partial charge in [-0.25, -0.2) is 8.42 Å². The average Bonchev–Trinajstić information content (AvgIpc) is 2.71. The first-order valence-corrected chi connectivity index (χ1v) is 7.96. The van der Waals surface area contributed by atoms with Crippen LogP contribution in [0.4, 0.5) is 11.4 Å². The van der Waals surface area contributed by atoms with Crippen LogP contribution in [0.15, 0.2) is 24.3 Å². The zero-order chi connectivity index (χ0) is 14.0. The number of nitrogens with zero attached hydrogens (tertiary/aromatic N) is 2. The molecule has 0 radical (unpaired) electrons. The Morgan fingerprint density at radius 3 is 2.42 bits per heavy atom. The smallest absolute Gasteiger partial charge is 0.269 e. The third-order valence-corrected chi connectivity index (χ3v) is 5.13. The van der Waals surface area contributed by atoms with Crippen LogP contribution in [0.3, 0.4) is 0 Å². The van der Waals surface area contributed by atoms with Crippen LogP contribution in [0.5, 0.6) is 0 Å². The summed E-state index contributed by atoms with van der Waals surface area (Å²) in [5.74, 6) is 0.388. The maximum absolute atomic E-state index is 11.5. The van der Waals surface area contributed by atoms with Gasteiger partial charge in [0.05, 0.1) is 16.4 Å². The fourth-order valence-electron chi connectivity index (χ4n) is 2.44. The molecule has 1 atom stereocenters. The van der Waals surface area contributed by atoms with Gasteiger partial charge in [0.1, 0.15) is 0 Å². The molecule has 1 aliphatic heterocycles. The largest absolute Gasteiger partial charge is 0.368 e. The number of nitro groups is 1. The van der Waals surface area contributed by atoms with Crippen LogP contribution < -0.4 is 4.90 Å². The van der Waals surface area contributed by atoms with Crippen LogP contribution in [0.2, 0.25) is 0 Å². The van der Waals surface area contributed by atoms with E-state index >= 15 is 0 Å². The van der Waals surface area contributed by atoms with Crippen LogP contribution in [-0.2, 0) is 9.84 Å². The van der Waals surface area contributed by atoms with E-state index in [9.17, 15) is 18.5 Å². The van der Waals surface area contributed by atoms with E-state index in [-0.39, 0.29) is 23.2 Å². The van der Waals surface area contributed by atoms with Crippen molar-refractivity contribution in [3.63, 3.8) is 0 Å². The Labute approximate surface area is 112 Å². The summed E-state index contributed by atoms with van der Waals surface area (Å²) >= 11 is 0. The maximum Gasteiger partial charge on any atom is 0.269 e. The Balaban J connectivity index is 2.20. The van der Waals surface area contributed by atoms with Gasteiger partial charge < -0.3 is 4.90 Å². The van der Waals surface area contributed by atoms with E-state index < -0.39 is 14.8 Å². The molecule has 1 saturated heterocycles. The highest BCUT2D eigenvalue weighted by Crippen LogP contribution is 2.25. The molecule has 0 saturated carbocycles. The molecule has 1 aliphatic rings. The van der Waals surface area contributed by atoms with Gasteiger partial charge in [0.25, 0.3) is 5.69 Å². The summed E-state index contributed by atoms with van der Waals surface area (Å²) in [5, 5.41) is 10.6. The van der Waals surface area contributed by atoms with Crippen LogP contribution in [0, 0.1) is 10.1 Å². The summed E-state index contributed by atoms with van der Waals surface area (Å²) in [6.45, 7) is 2.63. The van der Waals surface area contributed by atoms with Crippen molar-refractivity contribution in [2.45, 2.75) is 19.4 Å². The van der Waals surface area contributed by atoms with Crippen molar-refractivity contribution in [2.75, 3.05) is 23.0 Å². The van der Waals surface area contributed by atoms with E-state index in [0.29, 0.717) is 13.0 Å². The van der Waals surface area contributed by atoms with Crippen LogP contribution in [0.25, 0.3) is 0 Å². The minimum atomic E-state index is -2.93. The molecule has 1 unspecified atom stereocenters. The van der Waals surface area contributed by atoms with E-state index in [4.69, 9.17) is 0 Å². The minimum absolute atomic E-state index is 0.0311. The molecule has 0 aromatic heterocycles. The van der Waals surface area contributed by atoms with Gasteiger partial charge in [0.15, 0.2) is 9.84 Å². The number of sulfone groups is 1. The molecule has 104 valence electrons. The molecular formula is C12H16N2O4S. The van der Waals surface area contributed by atoms with E-state index in [1.54, 1.807) is 12.1 Å². The summed E-state index contributed by atoms with van der Waals surface area (Å²) in [6.07, 6.45) is 0.618. The van der Waals surface area contributed by atoms with Crippen molar-refractivity contribution in [3.05, 3.63) is 34.4 Å². The molecule has 1 aromatic carbocycles. The first kappa shape index (κ1) is 13.8. The topological polar surface area (TPSA) is 80.5 Å². The maximum atomic E-state index is 11.5. The van der Waals surface area contributed by atoms with Crippen molar-refractivity contribution < 1.29 is 13.3 Å². The van der Waals surface area contributed by atoms with Gasteiger partial charge in [-0.05, 0) is 25.5 Å². The van der Waals surface area contributed by atoms with E-state index in [1.807, 2.05) is 11.8 Å². The fraction of sp³-hybridized carbons (Fsp3) is 0.500. The second-order valence-corrected chi connectivity index (χ2v) is 6.85. The molecule has 0 aliphatic carbocycles. The van der Waals surface area contributed by atoms with Gasteiger partial charge in [0.2, 0.25) is 0 Å².